The second-order valence-electron chi connectivity index (χ2n) is 8.74. The summed E-state index contributed by atoms with van der Waals surface area (Å²) in [7, 11) is -4.13. The van der Waals surface area contributed by atoms with Gasteiger partial charge in [-0.05, 0) is 23.2 Å². The maximum atomic E-state index is 2.64. The molecule has 0 aliphatic carbocycles. The van der Waals surface area contributed by atoms with Crippen LogP contribution in [-0.4, -0.2) is 16.1 Å². The summed E-state index contributed by atoms with van der Waals surface area (Å²) in [6.45, 7) is 9.82. The molecule has 3 aromatic rings. The van der Waals surface area contributed by atoms with Crippen LogP contribution in [0, 0.1) is 0 Å². The fourth-order valence-electron chi connectivity index (χ4n) is 5.44. The highest BCUT2D eigenvalue weighted by Crippen LogP contribution is 2.41. The molecule has 0 saturated carbocycles. The molecule has 2 heteroatoms. The van der Waals surface area contributed by atoms with Crippen molar-refractivity contribution in [2.24, 2.45) is 0 Å². The second kappa shape index (κ2) is 8.37. The van der Waals surface area contributed by atoms with Crippen molar-refractivity contribution in [3.63, 3.8) is 0 Å². The normalized spacial score (nSPS) is 15.9. The van der Waals surface area contributed by atoms with Crippen LogP contribution in [0.2, 0.25) is 13.1 Å². The van der Waals surface area contributed by atoms with Crippen molar-refractivity contribution in [3.8, 4) is 0 Å². The fraction of sp³-hybridized carbons (Fsp3) is 0.214. The maximum Gasteiger partial charge on any atom is 0.168 e. The van der Waals surface area contributed by atoms with Gasteiger partial charge in [0.25, 0.3) is 0 Å². The van der Waals surface area contributed by atoms with Crippen LogP contribution in [0.1, 0.15) is 26.7 Å². The molecule has 0 nitrogen and oxygen atoms in total. The second-order valence-corrected chi connectivity index (χ2v) is 17.4. The van der Waals surface area contributed by atoms with Gasteiger partial charge in [0, 0.05) is 0 Å². The molecule has 0 N–H and O–H groups in total. The molecule has 1 aliphatic rings. The van der Waals surface area contributed by atoms with E-state index < -0.39 is 16.1 Å². The minimum absolute atomic E-state index is 1.11. The standard InChI is InChI=1S/C28H32Si2/c1-5-23-22-28(29(3,4)24-16-10-7-11-17-24)30(27(23)6-2,25-18-12-8-13-19-25)26-20-14-9-15-21-26/h7-22H,5-6H2,1-4H3. The van der Waals surface area contributed by atoms with Gasteiger partial charge in [0.1, 0.15) is 8.07 Å². The third-order valence-corrected chi connectivity index (χ3v) is 18.1. The number of rotatable bonds is 6. The predicted molar refractivity (Wildman–Crippen MR) is 137 cm³/mol. The van der Waals surface area contributed by atoms with Gasteiger partial charge in [-0.25, -0.2) is 0 Å². The lowest BCUT2D eigenvalue weighted by Crippen LogP contribution is -2.67. The summed E-state index contributed by atoms with van der Waals surface area (Å²) in [6.07, 6.45) is 4.88. The molecule has 30 heavy (non-hydrogen) atoms. The van der Waals surface area contributed by atoms with E-state index in [-0.39, 0.29) is 0 Å². The molecule has 4 rings (SSSR count). The molecule has 0 amide bonds. The first-order valence-corrected chi connectivity index (χ1v) is 16.2. The van der Waals surface area contributed by atoms with Crippen LogP contribution in [0.3, 0.4) is 0 Å². The van der Waals surface area contributed by atoms with Crippen LogP contribution in [-0.2, 0) is 0 Å². The monoisotopic (exact) mass is 424 g/mol. The van der Waals surface area contributed by atoms with Crippen LogP contribution in [0.25, 0.3) is 0 Å². The Morgan fingerprint density at radius 2 is 1.10 bits per heavy atom. The van der Waals surface area contributed by atoms with E-state index in [1.807, 2.05) is 0 Å². The van der Waals surface area contributed by atoms with Crippen molar-refractivity contribution in [2.75, 3.05) is 0 Å². The quantitative estimate of drug-likeness (QED) is 0.456. The van der Waals surface area contributed by atoms with Gasteiger partial charge < -0.3 is 0 Å². The van der Waals surface area contributed by atoms with E-state index in [9.17, 15) is 0 Å². The van der Waals surface area contributed by atoms with Gasteiger partial charge in [-0.2, -0.15) is 0 Å². The third-order valence-electron chi connectivity index (χ3n) is 6.88. The Bertz CT molecular complexity index is 1020. The lowest BCUT2D eigenvalue weighted by molar-refractivity contribution is 1.08. The van der Waals surface area contributed by atoms with E-state index in [0.717, 1.165) is 12.8 Å². The molecule has 0 spiro atoms. The molecular formula is C28H32Si2. The van der Waals surface area contributed by atoms with Crippen molar-refractivity contribution in [2.45, 2.75) is 39.8 Å². The first-order valence-electron chi connectivity index (χ1n) is 11.2. The van der Waals surface area contributed by atoms with Gasteiger partial charge in [-0.3, -0.25) is 0 Å². The van der Waals surface area contributed by atoms with E-state index >= 15 is 0 Å². The van der Waals surface area contributed by atoms with E-state index in [1.165, 1.54) is 5.19 Å². The number of hydrogen-bond donors (Lipinski definition) is 0. The van der Waals surface area contributed by atoms with E-state index in [0.29, 0.717) is 0 Å². The van der Waals surface area contributed by atoms with Gasteiger partial charge in [0.05, 0.1) is 0 Å². The summed E-state index contributed by atoms with van der Waals surface area (Å²) in [5.41, 5.74) is 1.59. The highest BCUT2D eigenvalue weighted by molar-refractivity contribution is 7.24. The predicted octanol–water partition coefficient (Wildman–Crippen LogP) is 5.54. The molecule has 0 radical (unpaired) electrons. The lowest BCUT2D eigenvalue weighted by Gasteiger charge is -2.41. The van der Waals surface area contributed by atoms with Crippen LogP contribution in [0.15, 0.2) is 113 Å². The van der Waals surface area contributed by atoms with E-state index in [1.54, 1.807) is 26.0 Å². The molecule has 0 unspecified atom stereocenters. The smallest absolute Gasteiger partial charge is 0.0732 e. The van der Waals surface area contributed by atoms with Crippen molar-refractivity contribution in [1.82, 2.24) is 0 Å². The van der Waals surface area contributed by atoms with Crippen LogP contribution in [0.4, 0.5) is 0 Å². The van der Waals surface area contributed by atoms with Crippen molar-refractivity contribution in [3.05, 3.63) is 113 Å². The largest absolute Gasteiger partial charge is 0.168 e. The maximum absolute atomic E-state index is 2.64. The van der Waals surface area contributed by atoms with Gasteiger partial charge in [-0.1, -0.05) is 145 Å². The molecule has 3 aromatic carbocycles. The SMILES string of the molecule is CCC1=C(CC)[Si](c2ccccc2)(c2ccccc2)C([Si](C)(C)c2ccccc2)=C1. The number of allylic oxidation sites excluding steroid dienone is 3. The summed E-state index contributed by atoms with van der Waals surface area (Å²) in [5, 5.41) is 6.33. The third kappa shape index (κ3) is 3.19. The summed E-state index contributed by atoms with van der Waals surface area (Å²) in [4.78, 5) is 1.76. The molecule has 0 bridgehead atoms. The number of hydrogen-bond acceptors (Lipinski definition) is 0. The van der Waals surface area contributed by atoms with Crippen LogP contribution in [0.5, 0.6) is 0 Å². The average molecular weight is 425 g/mol. The zero-order chi connectivity index (χ0) is 21.2. The Kier molecular flexibility index (Phi) is 5.81. The molecule has 1 aliphatic heterocycles. The van der Waals surface area contributed by atoms with Crippen molar-refractivity contribution < 1.29 is 0 Å². The van der Waals surface area contributed by atoms with Gasteiger partial charge in [0.15, 0.2) is 8.07 Å². The van der Waals surface area contributed by atoms with Crippen molar-refractivity contribution >= 4 is 31.7 Å². The van der Waals surface area contributed by atoms with Gasteiger partial charge >= 0.3 is 0 Å². The topological polar surface area (TPSA) is 0 Å². The molecular weight excluding hydrogens is 392 g/mol. The number of benzene rings is 3. The zero-order valence-electron chi connectivity index (χ0n) is 18.7. The van der Waals surface area contributed by atoms with Gasteiger partial charge in [0.2, 0.25) is 0 Å². The Balaban J connectivity index is 2.09. The minimum atomic E-state index is -2.24. The Labute approximate surface area is 184 Å². The van der Waals surface area contributed by atoms with Crippen molar-refractivity contribution in [1.29, 1.82) is 0 Å². The van der Waals surface area contributed by atoms with E-state index in [2.05, 4.69) is 124 Å². The first kappa shape index (κ1) is 20.8. The molecule has 0 saturated heterocycles. The van der Waals surface area contributed by atoms with Gasteiger partial charge in [-0.15, -0.1) is 0 Å². The minimum Gasteiger partial charge on any atom is -0.0732 e. The van der Waals surface area contributed by atoms with Crippen LogP contribution < -0.4 is 15.6 Å². The first-order chi connectivity index (χ1) is 14.6. The highest BCUT2D eigenvalue weighted by Gasteiger charge is 2.52. The lowest BCUT2D eigenvalue weighted by atomic mass is 10.2. The Morgan fingerprint density at radius 1 is 0.633 bits per heavy atom. The van der Waals surface area contributed by atoms with Crippen LogP contribution >= 0.6 is 0 Å². The summed E-state index contributed by atoms with van der Waals surface area (Å²) >= 11 is 0. The fourth-order valence-corrected chi connectivity index (χ4v) is 17.8. The highest BCUT2D eigenvalue weighted by atomic mass is 28.4. The molecule has 152 valence electrons. The average Bonchev–Trinajstić information content (AvgIpc) is 3.17. The Hall–Kier alpha value is -2.43. The molecule has 0 atom stereocenters. The molecule has 0 fully saturated rings. The molecule has 0 aromatic heterocycles. The summed E-state index contributed by atoms with van der Waals surface area (Å²) in [5.74, 6) is 0. The summed E-state index contributed by atoms with van der Waals surface area (Å²) < 4.78 is 0. The summed E-state index contributed by atoms with van der Waals surface area (Å²) in [6, 6.07) is 34.1. The Morgan fingerprint density at radius 3 is 1.53 bits per heavy atom. The zero-order valence-corrected chi connectivity index (χ0v) is 20.7. The van der Waals surface area contributed by atoms with E-state index in [4.69, 9.17) is 0 Å². The molecule has 1 heterocycles.